The van der Waals surface area contributed by atoms with Crippen LogP contribution < -0.4 is 5.32 Å². The van der Waals surface area contributed by atoms with Gasteiger partial charge in [0.15, 0.2) is 5.60 Å². The summed E-state index contributed by atoms with van der Waals surface area (Å²) in [6.45, 7) is 0. The van der Waals surface area contributed by atoms with Gasteiger partial charge in [-0.15, -0.1) is 11.3 Å². The van der Waals surface area contributed by atoms with Crippen LogP contribution in [0.3, 0.4) is 0 Å². The molecule has 1 aliphatic heterocycles. The van der Waals surface area contributed by atoms with Gasteiger partial charge in [0.25, 0.3) is 5.91 Å². The lowest BCUT2D eigenvalue weighted by Gasteiger charge is -2.19. The smallest absolute Gasteiger partial charge is 0.261 e. The van der Waals surface area contributed by atoms with Crippen molar-refractivity contribution in [1.82, 2.24) is 0 Å². The van der Waals surface area contributed by atoms with Crippen LogP contribution in [0, 0.1) is 0 Å². The summed E-state index contributed by atoms with van der Waals surface area (Å²) in [6.07, 6.45) is 0.298. The van der Waals surface area contributed by atoms with Gasteiger partial charge >= 0.3 is 0 Å². The Hall–Kier alpha value is -1.17. The Balaban J connectivity index is 2.01. The van der Waals surface area contributed by atoms with Gasteiger partial charge in [0, 0.05) is 22.5 Å². The van der Waals surface area contributed by atoms with Crippen LogP contribution in [0.4, 0.5) is 5.69 Å². The lowest BCUT2D eigenvalue weighted by molar-refractivity contribution is -0.133. The molecule has 0 saturated heterocycles. The molecular formula is C13H10BrNO2S. The summed E-state index contributed by atoms with van der Waals surface area (Å²) in [5, 5.41) is 13.4. The van der Waals surface area contributed by atoms with E-state index < -0.39 is 5.60 Å². The molecule has 3 rings (SSSR count). The number of amides is 1. The Kier molecular flexibility index (Phi) is 2.77. The first-order chi connectivity index (χ1) is 8.59. The number of hydrogen-bond acceptors (Lipinski definition) is 3. The summed E-state index contributed by atoms with van der Waals surface area (Å²) in [7, 11) is 0. The molecule has 2 N–H and O–H groups in total. The molecule has 0 bridgehead atoms. The van der Waals surface area contributed by atoms with Crippen molar-refractivity contribution in [3.05, 3.63) is 50.6 Å². The van der Waals surface area contributed by atoms with Crippen molar-refractivity contribution in [2.24, 2.45) is 0 Å². The van der Waals surface area contributed by atoms with Gasteiger partial charge in [-0.2, -0.15) is 0 Å². The van der Waals surface area contributed by atoms with Crippen molar-refractivity contribution < 1.29 is 9.90 Å². The van der Waals surface area contributed by atoms with E-state index >= 15 is 0 Å². The molecule has 18 heavy (non-hydrogen) atoms. The van der Waals surface area contributed by atoms with Crippen LogP contribution in [0.5, 0.6) is 0 Å². The van der Waals surface area contributed by atoms with E-state index in [-0.39, 0.29) is 5.91 Å². The van der Waals surface area contributed by atoms with Gasteiger partial charge in [-0.05, 0) is 34.1 Å². The number of thiophene rings is 1. The van der Waals surface area contributed by atoms with Gasteiger partial charge in [0.2, 0.25) is 0 Å². The highest BCUT2D eigenvalue weighted by Crippen LogP contribution is 2.39. The minimum absolute atomic E-state index is 0.298. The van der Waals surface area contributed by atoms with Gasteiger partial charge in [0.05, 0.1) is 3.79 Å². The van der Waals surface area contributed by atoms with Gasteiger partial charge in [-0.3, -0.25) is 4.79 Å². The number of nitrogens with one attached hydrogen (secondary N) is 1. The molecule has 1 unspecified atom stereocenters. The number of fused-ring (bicyclic) bond motifs is 1. The number of carbonyl (C=O) groups excluding carboxylic acids is 1. The summed E-state index contributed by atoms with van der Waals surface area (Å²) >= 11 is 4.91. The van der Waals surface area contributed by atoms with Gasteiger partial charge < -0.3 is 10.4 Å². The Morgan fingerprint density at radius 3 is 2.78 bits per heavy atom. The normalized spacial score (nSPS) is 21.8. The van der Waals surface area contributed by atoms with Crippen LogP contribution in [0.2, 0.25) is 0 Å². The van der Waals surface area contributed by atoms with Crippen molar-refractivity contribution in [2.45, 2.75) is 12.0 Å². The van der Waals surface area contributed by atoms with Crippen LogP contribution in [0.15, 0.2) is 40.2 Å². The standard InChI is InChI=1S/C13H10BrNO2S/c14-11-6-5-8(18-11)7-13(17)9-3-1-2-4-10(9)15-12(13)16/h1-6,17H,7H2,(H,15,16). The van der Waals surface area contributed by atoms with Crippen molar-refractivity contribution in [3.63, 3.8) is 0 Å². The monoisotopic (exact) mass is 323 g/mol. The number of carbonyl (C=O) groups is 1. The van der Waals surface area contributed by atoms with Gasteiger partial charge in [-0.1, -0.05) is 18.2 Å². The topological polar surface area (TPSA) is 49.3 Å². The minimum atomic E-state index is -1.46. The summed E-state index contributed by atoms with van der Waals surface area (Å²) in [6, 6.07) is 11.1. The molecule has 2 aromatic rings. The third-order valence-electron chi connectivity index (χ3n) is 3.06. The fraction of sp³-hybridized carbons (Fsp3) is 0.154. The first kappa shape index (κ1) is 11.9. The van der Waals surface area contributed by atoms with Crippen molar-refractivity contribution >= 4 is 38.9 Å². The van der Waals surface area contributed by atoms with Crippen LogP contribution in [0.1, 0.15) is 10.4 Å². The number of para-hydroxylation sites is 1. The molecule has 2 heterocycles. The number of hydrogen-bond donors (Lipinski definition) is 2. The Bertz CT molecular complexity index is 625. The molecular weight excluding hydrogens is 314 g/mol. The molecule has 0 radical (unpaired) electrons. The van der Waals surface area contributed by atoms with E-state index in [2.05, 4.69) is 21.2 Å². The Morgan fingerprint density at radius 2 is 2.06 bits per heavy atom. The van der Waals surface area contributed by atoms with Crippen LogP contribution in [0.25, 0.3) is 0 Å². The van der Waals surface area contributed by atoms with Crippen molar-refractivity contribution in [2.75, 3.05) is 5.32 Å². The predicted molar refractivity (Wildman–Crippen MR) is 74.7 cm³/mol. The summed E-state index contributed by atoms with van der Waals surface area (Å²) in [5.41, 5.74) is -0.110. The lowest BCUT2D eigenvalue weighted by Crippen LogP contribution is -2.36. The van der Waals surface area contributed by atoms with Gasteiger partial charge in [0.1, 0.15) is 0 Å². The highest BCUT2D eigenvalue weighted by atomic mass is 79.9. The fourth-order valence-corrected chi connectivity index (χ4v) is 3.73. The number of rotatable bonds is 2. The number of anilines is 1. The molecule has 0 spiro atoms. The van der Waals surface area contributed by atoms with E-state index in [0.717, 1.165) is 8.66 Å². The van der Waals surface area contributed by atoms with Gasteiger partial charge in [-0.25, -0.2) is 0 Å². The van der Waals surface area contributed by atoms with Crippen molar-refractivity contribution in [1.29, 1.82) is 0 Å². The summed E-state index contributed by atoms with van der Waals surface area (Å²) < 4.78 is 0.993. The van der Waals surface area contributed by atoms with E-state index in [0.29, 0.717) is 17.7 Å². The highest BCUT2D eigenvalue weighted by molar-refractivity contribution is 9.11. The highest BCUT2D eigenvalue weighted by Gasteiger charge is 2.45. The zero-order chi connectivity index (χ0) is 12.8. The summed E-state index contributed by atoms with van der Waals surface area (Å²) in [5.74, 6) is -0.353. The minimum Gasteiger partial charge on any atom is -0.375 e. The number of aliphatic hydroxyl groups is 1. The largest absolute Gasteiger partial charge is 0.375 e. The predicted octanol–water partition coefficient (Wildman–Crippen LogP) is 2.89. The van der Waals surface area contributed by atoms with E-state index in [1.54, 1.807) is 12.1 Å². The first-order valence-corrected chi connectivity index (χ1v) is 7.08. The molecule has 1 aliphatic rings. The average molecular weight is 324 g/mol. The van der Waals surface area contributed by atoms with Crippen LogP contribution in [-0.2, 0) is 16.8 Å². The van der Waals surface area contributed by atoms with Crippen LogP contribution >= 0.6 is 27.3 Å². The second-order valence-electron chi connectivity index (χ2n) is 4.24. The quantitative estimate of drug-likeness (QED) is 0.892. The molecule has 3 nitrogen and oxygen atoms in total. The number of halogens is 1. The third-order valence-corrected chi connectivity index (χ3v) is 4.68. The molecule has 92 valence electrons. The van der Waals surface area contributed by atoms with E-state index in [4.69, 9.17) is 0 Å². The molecule has 0 saturated carbocycles. The Labute approximate surface area is 117 Å². The lowest BCUT2D eigenvalue weighted by atomic mass is 9.91. The fourth-order valence-electron chi connectivity index (χ4n) is 2.18. The zero-order valence-electron chi connectivity index (χ0n) is 9.31. The SMILES string of the molecule is O=C1Nc2ccccc2C1(O)Cc1ccc(Br)s1. The third kappa shape index (κ3) is 1.79. The first-order valence-electron chi connectivity index (χ1n) is 5.47. The van der Waals surface area contributed by atoms with Crippen LogP contribution in [-0.4, -0.2) is 11.0 Å². The second-order valence-corrected chi connectivity index (χ2v) is 6.79. The second kappa shape index (κ2) is 4.19. The molecule has 0 aliphatic carbocycles. The zero-order valence-corrected chi connectivity index (χ0v) is 11.7. The average Bonchev–Trinajstić information content (AvgIpc) is 2.84. The molecule has 0 fully saturated rings. The molecule has 1 amide bonds. The maximum atomic E-state index is 12.0. The molecule has 1 atom stereocenters. The Morgan fingerprint density at radius 1 is 1.28 bits per heavy atom. The maximum absolute atomic E-state index is 12.0. The molecule has 1 aromatic carbocycles. The number of benzene rings is 1. The van der Waals surface area contributed by atoms with E-state index in [1.165, 1.54) is 11.3 Å². The molecule has 5 heteroatoms. The van der Waals surface area contributed by atoms with E-state index in [9.17, 15) is 9.90 Å². The molecule has 1 aromatic heterocycles. The van der Waals surface area contributed by atoms with E-state index in [1.807, 2.05) is 24.3 Å². The maximum Gasteiger partial charge on any atom is 0.261 e. The van der Waals surface area contributed by atoms with Crippen molar-refractivity contribution in [3.8, 4) is 0 Å². The summed E-state index contributed by atoms with van der Waals surface area (Å²) in [4.78, 5) is 13.0.